The van der Waals surface area contributed by atoms with Crippen molar-refractivity contribution in [3.63, 3.8) is 0 Å². The molecule has 14 rings (SSSR count). The van der Waals surface area contributed by atoms with Crippen molar-refractivity contribution in [1.82, 2.24) is 10.3 Å². The Balaban J connectivity index is 0.920. The zero-order valence-electron chi connectivity index (χ0n) is 46.2. The van der Waals surface area contributed by atoms with Crippen LogP contribution < -0.4 is 5.32 Å². The van der Waals surface area contributed by atoms with E-state index in [-0.39, 0.29) is 6.04 Å². The molecule has 84 heavy (non-hydrogen) atoms. The van der Waals surface area contributed by atoms with Crippen molar-refractivity contribution in [2.75, 3.05) is 0 Å². The van der Waals surface area contributed by atoms with Gasteiger partial charge in [-0.2, -0.15) is 0 Å². The van der Waals surface area contributed by atoms with Crippen molar-refractivity contribution in [1.29, 1.82) is 0 Å². The van der Waals surface area contributed by atoms with E-state index in [9.17, 15) is 0 Å². The second kappa shape index (κ2) is 23.2. The van der Waals surface area contributed by atoms with E-state index in [0.717, 1.165) is 140 Å². The summed E-state index contributed by atoms with van der Waals surface area (Å²) in [6.45, 7) is 0. The van der Waals surface area contributed by atoms with Crippen LogP contribution in [0.5, 0.6) is 0 Å². The molecule has 0 saturated carbocycles. The van der Waals surface area contributed by atoms with Crippen molar-refractivity contribution >= 4 is 11.5 Å². The van der Waals surface area contributed by atoms with Crippen molar-refractivity contribution < 1.29 is 0 Å². The minimum atomic E-state index is -0.235. The average molecular weight is 1070 g/mol. The fraction of sp³-hybridized carbons (Fsp3) is 0.0123. The highest BCUT2D eigenvalue weighted by molar-refractivity contribution is 6.06. The van der Waals surface area contributed by atoms with Gasteiger partial charge in [0.05, 0.1) is 23.1 Å². The molecule has 1 aromatic heterocycles. The van der Waals surface area contributed by atoms with Crippen LogP contribution in [0.2, 0.25) is 0 Å². The fourth-order valence-electron chi connectivity index (χ4n) is 11.8. The van der Waals surface area contributed by atoms with E-state index in [4.69, 9.17) is 9.98 Å². The van der Waals surface area contributed by atoms with Crippen LogP contribution >= 0.6 is 0 Å². The minimum absolute atomic E-state index is 0.235. The third-order valence-electron chi connectivity index (χ3n) is 15.9. The molecular formula is C81H57N3. The molecule has 0 radical (unpaired) electrons. The van der Waals surface area contributed by atoms with Gasteiger partial charge in [0.25, 0.3) is 0 Å². The van der Waals surface area contributed by atoms with Gasteiger partial charge >= 0.3 is 0 Å². The maximum Gasteiger partial charge on any atom is 0.134 e. The summed E-state index contributed by atoms with van der Waals surface area (Å²) in [5.41, 5.74) is 26.1. The molecule has 13 aromatic rings. The number of pyridine rings is 1. The first-order valence-corrected chi connectivity index (χ1v) is 28.7. The Kier molecular flexibility index (Phi) is 14.1. The molecule has 1 aliphatic heterocycles. The highest BCUT2D eigenvalue weighted by Gasteiger charge is 2.27. The molecule has 396 valence electrons. The summed E-state index contributed by atoms with van der Waals surface area (Å²) in [5, 5.41) is 3.99. The Morgan fingerprint density at radius 1 is 0.226 bits per heavy atom. The molecule has 12 aromatic carbocycles. The van der Waals surface area contributed by atoms with Gasteiger partial charge < -0.3 is 5.32 Å². The number of nitrogens with zero attached hydrogens (tertiary/aromatic N) is 2. The molecule has 0 amide bonds. The summed E-state index contributed by atoms with van der Waals surface area (Å²) < 4.78 is 0. The Morgan fingerprint density at radius 3 is 0.940 bits per heavy atom. The standard InChI is InChI=1S/C81H57N3/c1-9-26-56(27-10-1)68-49-69(57-28-11-2-12-29-57)52-72(51-68)74-55-75(73-53-70(58-30-13-3-14-31-58)50-71(54-73)59-32-15-4-16-33-59)83-81(82-74)67-43-25-42-66(48-67)60-44-46-63(47-45-60)76-77(61-34-17-5-18-35-61)79(64-38-21-7-22-39-64)84-80(65-40-23-8-24-41-65)78(76)62-36-19-6-20-37-62/h1-55,74H,(H,82,83). The molecule has 0 saturated heterocycles. The Labute approximate surface area is 492 Å². The molecule has 2 heterocycles. The largest absolute Gasteiger partial charge is 0.359 e. The van der Waals surface area contributed by atoms with Crippen LogP contribution in [0.4, 0.5) is 0 Å². The normalized spacial score (nSPS) is 12.9. The number of hydrogen-bond donors (Lipinski definition) is 1. The first-order chi connectivity index (χ1) is 41.6. The van der Waals surface area contributed by atoms with Gasteiger partial charge in [-0.1, -0.05) is 285 Å². The fourth-order valence-corrected chi connectivity index (χ4v) is 11.8. The summed E-state index contributed by atoms with van der Waals surface area (Å²) in [7, 11) is 0. The molecule has 1 aliphatic rings. The first-order valence-electron chi connectivity index (χ1n) is 28.7. The number of rotatable bonds is 13. The van der Waals surface area contributed by atoms with Gasteiger partial charge in [0.2, 0.25) is 0 Å². The molecule has 3 nitrogen and oxygen atoms in total. The molecule has 0 aliphatic carbocycles. The molecule has 3 heteroatoms. The number of hydrogen-bond acceptors (Lipinski definition) is 3. The number of amidine groups is 1. The van der Waals surface area contributed by atoms with Crippen molar-refractivity contribution in [2.45, 2.75) is 6.04 Å². The number of nitrogens with one attached hydrogen (secondary N) is 1. The lowest BCUT2D eigenvalue weighted by Gasteiger charge is -2.26. The van der Waals surface area contributed by atoms with Gasteiger partial charge in [-0.3, -0.25) is 0 Å². The van der Waals surface area contributed by atoms with Crippen molar-refractivity contribution in [2.24, 2.45) is 4.99 Å². The second-order valence-corrected chi connectivity index (χ2v) is 21.3. The van der Waals surface area contributed by atoms with Crippen LogP contribution in [0.1, 0.15) is 22.7 Å². The highest BCUT2D eigenvalue weighted by Crippen LogP contribution is 2.49. The lowest BCUT2D eigenvalue weighted by molar-refractivity contribution is 0.781. The second-order valence-electron chi connectivity index (χ2n) is 21.3. The van der Waals surface area contributed by atoms with Crippen LogP contribution in [0.25, 0.3) is 117 Å². The zero-order valence-corrected chi connectivity index (χ0v) is 46.2. The van der Waals surface area contributed by atoms with E-state index >= 15 is 0 Å². The van der Waals surface area contributed by atoms with Crippen LogP contribution in [-0.4, -0.2) is 10.8 Å². The summed E-state index contributed by atoms with van der Waals surface area (Å²) >= 11 is 0. The highest BCUT2D eigenvalue weighted by atomic mass is 15.0. The molecule has 0 spiro atoms. The molecular weight excluding hydrogens is 1010 g/mol. The van der Waals surface area contributed by atoms with Crippen LogP contribution in [0, 0.1) is 0 Å². The molecule has 0 fully saturated rings. The third-order valence-corrected chi connectivity index (χ3v) is 15.9. The van der Waals surface area contributed by atoms with Gasteiger partial charge in [0.15, 0.2) is 0 Å². The third kappa shape index (κ3) is 10.6. The minimum Gasteiger partial charge on any atom is -0.359 e. The lowest BCUT2D eigenvalue weighted by Crippen LogP contribution is -2.31. The van der Waals surface area contributed by atoms with Crippen molar-refractivity contribution in [3.8, 4) is 112 Å². The summed E-state index contributed by atoms with van der Waals surface area (Å²) in [6.07, 6.45) is 2.31. The monoisotopic (exact) mass is 1070 g/mol. The van der Waals surface area contributed by atoms with Gasteiger partial charge in [0, 0.05) is 38.9 Å². The summed E-state index contributed by atoms with van der Waals surface area (Å²) in [6, 6.07) is 117. The lowest BCUT2D eigenvalue weighted by atomic mass is 9.83. The zero-order chi connectivity index (χ0) is 56.0. The smallest absolute Gasteiger partial charge is 0.134 e. The topological polar surface area (TPSA) is 37.3 Å². The van der Waals surface area contributed by atoms with Crippen LogP contribution in [0.3, 0.4) is 0 Å². The Hall–Kier alpha value is -11.0. The van der Waals surface area contributed by atoms with Crippen LogP contribution in [0.15, 0.2) is 339 Å². The number of aliphatic imine (C=N–C) groups is 1. The van der Waals surface area contributed by atoms with E-state index < -0.39 is 0 Å². The predicted octanol–water partition coefficient (Wildman–Crippen LogP) is 20.9. The number of benzene rings is 12. The molecule has 1 unspecified atom stereocenters. The van der Waals surface area contributed by atoms with E-state index in [1.807, 2.05) is 0 Å². The summed E-state index contributed by atoms with van der Waals surface area (Å²) in [4.78, 5) is 11.3. The molecule has 1 N–H and O–H groups in total. The Morgan fingerprint density at radius 2 is 0.524 bits per heavy atom. The van der Waals surface area contributed by atoms with Gasteiger partial charge in [-0.15, -0.1) is 0 Å². The molecule has 0 bridgehead atoms. The maximum atomic E-state index is 5.67. The predicted molar refractivity (Wildman–Crippen MR) is 352 cm³/mol. The Bertz CT molecular complexity index is 4270. The van der Waals surface area contributed by atoms with Gasteiger partial charge in [-0.25, -0.2) is 9.98 Å². The number of aromatic nitrogens is 1. The van der Waals surface area contributed by atoms with Crippen molar-refractivity contribution in [3.05, 3.63) is 350 Å². The summed E-state index contributed by atoms with van der Waals surface area (Å²) in [5.74, 6) is 0.799. The van der Waals surface area contributed by atoms with E-state index in [1.165, 1.54) is 0 Å². The van der Waals surface area contributed by atoms with Gasteiger partial charge in [-0.05, 0) is 126 Å². The first kappa shape index (κ1) is 51.2. The maximum absolute atomic E-state index is 5.67. The average Bonchev–Trinajstić information content (AvgIpc) is 1.22. The quantitative estimate of drug-likeness (QED) is 0.125. The van der Waals surface area contributed by atoms with E-state index in [0.29, 0.717) is 0 Å². The van der Waals surface area contributed by atoms with Gasteiger partial charge in [0.1, 0.15) is 5.84 Å². The van der Waals surface area contributed by atoms with Crippen LogP contribution in [-0.2, 0) is 0 Å². The van der Waals surface area contributed by atoms with E-state index in [2.05, 4.69) is 339 Å². The SMILES string of the molecule is C1=C(c2cc(-c3ccccc3)cc(-c3ccccc3)c2)N=C(c2cccc(-c3ccc(-c4c(-c5ccccc5)c(-c5ccccc5)nc(-c5ccccc5)c4-c4ccccc4)cc3)c2)NC1c1cc(-c2ccccc2)cc(-c2ccccc2)c1. The molecule has 1 atom stereocenters. The van der Waals surface area contributed by atoms with E-state index in [1.54, 1.807) is 0 Å².